The molecule has 1 aliphatic carbocycles. The first-order valence-corrected chi connectivity index (χ1v) is 9.18. The molecule has 28 heavy (non-hydrogen) atoms. The summed E-state index contributed by atoms with van der Waals surface area (Å²) in [5.41, 5.74) is 1.44. The molecule has 1 aromatic heterocycles. The first kappa shape index (κ1) is 18.6. The minimum absolute atomic E-state index is 0.255. The van der Waals surface area contributed by atoms with Gasteiger partial charge in [-0.25, -0.2) is 8.78 Å². The molecule has 3 aromatic rings. The number of amides is 1. The van der Waals surface area contributed by atoms with Crippen LogP contribution in [0.5, 0.6) is 0 Å². The van der Waals surface area contributed by atoms with Gasteiger partial charge in [0.15, 0.2) is 0 Å². The van der Waals surface area contributed by atoms with Crippen LogP contribution >= 0.6 is 11.6 Å². The van der Waals surface area contributed by atoms with E-state index in [1.54, 1.807) is 48.7 Å². The van der Waals surface area contributed by atoms with Crippen molar-refractivity contribution in [2.24, 2.45) is 0 Å². The van der Waals surface area contributed by atoms with E-state index in [0.717, 1.165) is 10.9 Å². The number of alkyl halides is 2. The fraction of sp³-hybridized carbons (Fsp3) is 0.250. The van der Waals surface area contributed by atoms with Crippen LogP contribution in [0, 0.1) is 4.91 Å². The number of H-pyrrole nitrogens is 1. The second-order valence-electron chi connectivity index (χ2n) is 6.97. The Morgan fingerprint density at radius 2 is 1.96 bits per heavy atom. The van der Waals surface area contributed by atoms with E-state index >= 15 is 0 Å². The summed E-state index contributed by atoms with van der Waals surface area (Å²) in [5, 5.41) is 3.63. The van der Waals surface area contributed by atoms with Crippen LogP contribution in [0.4, 0.5) is 14.5 Å². The number of benzene rings is 2. The first-order chi connectivity index (χ1) is 13.3. The summed E-state index contributed by atoms with van der Waals surface area (Å²) in [7, 11) is 0. The molecule has 0 radical (unpaired) electrons. The van der Waals surface area contributed by atoms with Crippen LogP contribution < -0.4 is 5.32 Å². The molecule has 8 heteroatoms. The zero-order chi connectivity index (χ0) is 19.9. The van der Waals surface area contributed by atoms with Crippen molar-refractivity contribution in [2.45, 2.75) is 30.8 Å². The largest absolute Gasteiger partial charge is 0.361 e. The van der Waals surface area contributed by atoms with Gasteiger partial charge in [0.05, 0.1) is 15.3 Å². The number of aromatic nitrogens is 1. The van der Waals surface area contributed by atoms with Gasteiger partial charge in [0.1, 0.15) is 0 Å². The lowest BCUT2D eigenvalue weighted by atomic mass is 9.88. The van der Waals surface area contributed by atoms with E-state index in [1.807, 2.05) is 6.07 Å². The number of aromatic amines is 1. The van der Waals surface area contributed by atoms with Crippen molar-refractivity contribution >= 4 is 34.1 Å². The Labute approximate surface area is 164 Å². The zero-order valence-corrected chi connectivity index (χ0v) is 15.4. The van der Waals surface area contributed by atoms with Crippen LogP contribution in [0.25, 0.3) is 10.9 Å². The number of nitrogens with one attached hydrogen (secondary N) is 2. The molecule has 1 aliphatic rings. The maximum atomic E-state index is 13.2. The molecule has 1 saturated carbocycles. The Hall–Kier alpha value is -2.80. The SMILES string of the molecule is O=C(NC1CC(F)(F)C1)C(c1ccccc1Cl)[N+](=O)c1ccc2[nH]ccc2c1. The third kappa shape index (κ3) is 3.49. The van der Waals surface area contributed by atoms with Crippen LogP contribution in [0.3, 0.4) is 0 Å². The summed E-state index contributed by atoms with van der Waals surface area (Å²) in [4.78, 5) is 29.1. The number of rotatable bonds is 5. The standard InChI is InChI=1S/C20H16ClF2N3O2/c21-16-4-2-1-3-15(16)18(19(27)25-13-10-20(22,23)11-13)26(28)14-5-6-17-12(9-14)7-8-24-17/h1-9,13,18H,10-11H2,(H-,24,25,27,28)/p+1. The molecule has 0 bridgehead atoms. The van der Waals surface area contributed by atoms with Crippen LogP contribution in [0.2, 0.25) is 5.02 Å². The van der Waals surface area contributed by atoms with Gasteiger partial charge in [-0.2, -0.15) is 0 Å². The smallest absolute Gasteiger partial charge is 0.311 e. The normalized spacial score (nSPS) is 17.1. The number of hydrogen-bond acceptors (Lipinski definition) is 2. The van der Waals surface area contributed by atoms with Gasteiger partial charge in [0.25, 0.3) is 17.5 Å². The van der Waals surface area contributed by atoms with Crippen molar-refractivity contribution < 1.29 is 18.3 Å². The molecule has 144 valence electrons. The molecule has 2 N–H and O–H groups in total. The van der Waals surface area contributed by atoms with Gasteiger partial charge >= 0.3 is 6.04 Å². The van der Waals surface area contributed by atoms with Gasteiger partial charge in [-0.1, -0.05) is 29.8 Å². The number of carbonyl (C=O) groups is 1. The highest BCUT2D eigenvalue weighted by atomic mass is 35.5. The number of nitrogens with zero attached hydrogens (tertiary/aromatic N) is 1. The second kappa shape index (κ2) is 6.98. The third-order valence-corrected chi connectivity index (χ3v) is 5.25. The Morgan fingerprint density at radius 3 is 2.68 bits per heavy atom. The molecule has 1 fully saturated rings. The van der Waals surface area contributed by atoms with Crippen molar-refractivity contribution in [3.05, 3.63) is 70.2 Å². The second-order valence-corrected chi connectivity index (χ2v) is 7.38. The van der Waals surface area contributed by atoms with E-state index in [-0.39, 0.29) is 10.7 Å². The lowest BCUT2D eigenvalue weighted by Crippen LogP contribution is -2.52. The summed E-state index contributed by atoms with van der Waals surface area (Å²) in [6, 6.07) is 11.4. The van der Waals surface area contributed by atoms with Crippen LogP contribution in [0.15, 0.2) is 54.7 Å². The highest BCUT2D eigenvalue weighted by Gasteiger charge is 2.48. The van der Waals surface area contributed by atoms with E-state index in [1.165, 1.54) is 0 Å². The molecule has 5 nitrogen and oxygen atoms in total. The number of fused-ring (bicyclic) bond motifs is 1. The fourth-order valence-electron chi connectivity index (χ4n) is 3.44. The molecule has 1 heterocycles. The fourth-order valence-corrected chi connectivity index (χ4v) is 3.68. The quantitative estimate of drug-likeness (QED) is 0.595. The van der Waals surface area contributed by atoms with Gasteiger partial charge in [-0.15, -0.1) is 0 Å². The van der Waals surface area contributed by atoms with E-state index in [0.29, 0.717) is 10.3 Å². The average molecular weight is 405 g/mol. The van der Waals surface area contributed by atoms with Gasteiger partial charge in [0, 0.05) is 53.0 Å². The van der Waals surface area contributed by atoms with Crippen LogP contribution in [-0.4, -0.2) is 27.6 Å². The number of carbonyl (C=O) groups excluding carboxylic acids is 1. The van der Waals surface area contributed by atoms with Crippen molar-refractivity contribution in [1.29, 1.82) is 0 Å². The molecule has 1 amide bonds. The van der Waals surface area contributed by atoms with E-state index in [4.69, 9.17) is 11.6 Å². The van der Waals surface area contributed by atoms with Crippen molar-refractivity contribution in [1.82, 2.24) is 10.3 Å². The minimum atomic E-state index is -2.77. The third-order valence-electron chi connectivity index (χ3n) is 4.91. The predicted octanol–water partition coefficient (Wildman–Crippen LogP) is 4.89. The van der Waals surface area contributed by atoms with Gasteiger partial charge in [-0.05, 0) is 18.2 Å². The Kier molecular flexibility index (Phi) is 4.63. The van der Waals surface area contributed by atoms with E-state index in [2.05, 4.69) is 10.3 Å². The zero-order valence-electron chi connectivity index (χ0n) is 14.7. The van der Waals surface area contributed by atoms with Gasteiger partial charge in [0.2, 0.25) is 0 Å². The molecule has 0 aliphatic heterocycles. The summed E-state index contributed by atoms with van der Waals surface area (Å²) < 4.78 is 26.8. The predicted molar refractivity (Wildman–Crippen MR) is 102 cm³/mol. The number of nitroso groups, excluding NO2 is 1. The molecule has 1 atom stereocenters. The van der Waals surface area contributed by atoms with Crippen molar-refractivity contribution in [3.8, 4) is 0 Å². The van der Waals surface area contributed by atoms with Crippen LogP contribution in [0.1, 0.15) is 24.4 Å². The monoisotopic (exact) mass is 404 g/mol. The molecule has 0 saturated heterocycles. The highest BCUT2D eigenvalue weighted by Crippen LogP contribution is 2.38. The average Bonchev–Trinajstić information content (AvgIpc) is 3.09. The summed E-state index contributed by atoms with van der Waals surface area (Å²) in [5.74, 6) is -3.42. The van der Waals surface area contributed by atoms with Crippen molar-refractivity contribution in [2.75, 3.05) is 0 Å². The number of halogens is 3. The molecular formula is C20H17ClF2N3O2+. The molecule has 1 unspecified atom stereocenters. The lowest BCUT2D eigenvalue weighted by Gasteiger charge is -2.35. The first-order valence-electron chi connectivity index (χ1n) is 8.80. The maximum Gasteiger partial charge on any atom is 0.311 e. The molecule has 0 spiro atoms. The van der Waals surface area contributed by atoms with Gasteiger partial charge in [-0.3, -0.25) is 4.79 Å². The molecule has 4 rings (SSSR count). The lowest BCUT2D eigenvalue weighted by molar-refractivity contribution is -0.497. The topological polar surface area (TPSA) is 65.0 Å². The maximum absolute atomic E-state index is 13.2. The van der Waals surface area contributed by atoms with E-state index < -0.39 is 36.8 Å². The van der Waals surface area contributed by atoms with Gasteiger partial charge < -0.3 is 10.3 Å². The number of hydrogen-bond donors (Lipinski definition) is 2. The van der Waals surface area contributed by atoms with Crippen LogP contribution in [-0.2, 0) is 4.79 Å². The highest BCUT2D eigenvalue weighted by molar-refractivity contribution is 6.31. The summed E-state index contributed by atoms with van der Waals surface area (Å²) in [6.07, 6.45) is 0.892. The Morgan fingerprint density at radius 1 is 1.21 bits per heavy atom. The Bertz CT molecular complexity index is 1060. The molecular weight excluding hydrogens is 388 g/mol. The minimum Gasteiger partial charge on any atom is -0.361 e. The summed E-state index contributed by atoms with van der Waals surface area (Å²) >= 11 is 6.23. The Balaban J connectivity index is 1.67. The molecule has 2 aromatic carbocycles. The van der Waals surface area contributed by atoms with E-state index in [9.17, 15) is 18.5 Å². The summed E-state index contributed by atoms with van der Waals surface area (Å²) in [6.45, 7) is 0. The van der Waals surface area contributed by atoms with Crippen molar-refractivity contribution in [3.63, 3.8) is 0 Å².